The van der Waals surface area contributed by atoms with E-state index in [0.717, 1.165) is 27.7 Å². The molecule has 8 nitrogen and oxygen atoms in total. The molecule has 0 aliphatic carbocycles. The summed E-state index contributed by atoms with van der Waals surface area (Å²) in [6, 6.07) is 17.3. The Kier molecular flexibility index (Phi) is 4.39. The molecule has 0 bridgehead atoms. The molecule has 8 heteroatoms. The molecular weight excluding hydrogens is 390 g/mol. The summed E-state index contributed by atoms with van der Waals surface area (Å²) in [6.07, 6.45) is 1.65. The average Bonchev–Trinajstić information content (AvgIpc) is 3.22. The van der Waals surface area contributed by atoms with Crippen LogP contribution in [0.15, 0.2) is 65.6 Å². The molecule has 0 aliphatic heterocycles. The molecule has 5 rings (SSSR count). The van der Waals surface area contributed by atoms with Crippen LogP contribution in [0.2, 0.25) is 0 Å². The topological polar surface area (TPSA) is 115 Å². The summed E-state index contributed by atoms with van der Waals surface area (Å²) < 4.78 is 1.75. The van der Waals surface area contributed by atoms with Crippen molar-refractivity contribution in [3.63, 3.8) is 0 Å². The Hall–Kier alpha value is -4.20. The predicted molar refractivity (Wildman–Crippen MR) is 122 cm³/mol. The molecule has 2 aromatic carbocycles. The van der Waals surface area contributed by atoms with Crippen LogP contribution in [0.5, 0.6) is 0 Å². The number of anilines is 2. The lowest BCUT2D eigenvalue weighted by molar-refractivity contribution is 0.774. The molecule has 0 fully saturated rings. The Morgan fingerprint density at radius 3 is 2.71 bits per heavy atom. The van der Waals surface area contributed by atoms with Crippen molar-refractivity contribution < 1.29 is 0 Å². The van der Waals surface area contributed by atoms with Crippen LogP contribution in [-0.4, -0.2) is 24.7 Å². The third-order valence-corrected chi connectivity index (χ3v) is 5.42. The van der Waals surface area contributed by atoms with Gasteiger partial charge in [-0.3, -0.25) is 14.5 Å². The zero-order valence-electron chi connectivity index (χ0n) is 17.1. The van der Waals surface area contributed by atoms with Crippen LogP contribution >= 0.6 is 0 Å². The van der Waals surface area contributed by atoms with Crippen LogP contribution in [0, 0.1) is 6.92 Å². The SMILES string of the molecule is Cc1cccc2cc([C@H](C)Nc3nc(N)nc4[nH]ncc34)n(-c3ccccc3)c(=O)c12. The number of aryl methyl sites for hydroxylation is 1. The molecule has 0 radical (unpaired) electrons. The number of rotatable bonds is 4. The van der Waals surface area contributed by atoms with Crippen LogP contribution < -0.4 is 16.6 Å². The van der Waals surface area contributed by atoms with Crippen LogP contribution in [0.4, 0.5) is 11.8 Å². The van der Waals surface area contributed by atoms with Gasteiger partial charge in [0.1, 0.15) is 5.82 Å². The summed E-state index contributed by atoms with van der Waals surface area (Å²) in [4.78, 5) is 22.1. The first kappa shape index (κ1) is 18.8. The lowest BCUT2D eigenvalue weighted by Crippen LogP contribution is -2.26. The predicted octanol–water partition coefficient (Wildman–Crippen LogP) is 3.72. The van der Waals surface area contributed by atoms with Gasteiger partial charge in [0.15, 0.2) is 5.65 Å². The van der Waals surface area contributed by atoms with Gasteiger partial charge in [-0.15, -0.1) is 0 Å². The fourth-order valence-electron chi connectivity index (χ4n) is 3.96. The number of benzene rings is 2. The average molecular weight is 411 g/mol. The minimum atomic E-state index is -0.259. The number of para-hydroxylation sites is 1. The van der Waals surface area contributed by atoms with Gasteiger partial charge in [0, 0.05) is 11.4 Å². The van der Waals surface area contributed by atoms with E-state index in [1.807, 2.05) is 68.4 Å². The second-order valence-electron chi connectivity index (χ2n) is 7.51. The molecule has 4 N–H and O–H groups in total. The smallest absolute Gasteiger partial charge is 0.263 e. The van der Waals surface area contributed by atoms with E-state index in [0.29, 0.717) is 16.9 Å². The summed E-state index contributed by atoms with van der Waals surface area (Å²) in [5.74, 6) is 0.696. The molecule has 0 aliphatic rings. The van der Waals surface area contributed by atoms with E-state index in [1.165, 1.54) is 0 Å². The Labute approximate surface area is 177 Å². The number of pyridine rings is 1. The van der Waals surface area contributed by atoms with Gasteiger partial charge in [-0.1, -0.05) is 36.4 Å². The third kappa shape index (κ3) is 3.18. The highest BCUT2D eigenvalue weighted by molar-refractivity contribution is 5.88. The molecule has 0 spiro atoms. The number of hydrogen-bond donors (Lipinski definition) is 3. The lowest BCUT2D eigenvalue weighted by atomic mass is 10.0. The summed E-state index contributed by atoms with van der Waals surface area (Å²) in [5.41, 5.74) is 8.93. The largest absolute Gasteiger partial charge is 0.368 e. The van der Waals surface area contributed by atoms with Crippen molar-refractivity contribution >= 4 is 33.6 Å². The molecule has 3 aromatic heterocycles. The summed E-state index contributed by atoms with van der Waals surface area (Å²) >= 11 is 0. The van der Waals surface area contributed by atoms with Gasteiger partial charge in [0.25, 0.3) is 5.56 Å². The van der Waals surface area contributed by atoms with Crippen molar-refractivity contribution in [1.29, 1.82) is 0 Å². The number of H-pyrrole nitrogens is 1. The Bertz CT molecular complexity index is 1470. The number of aromatic nitrogens is 5. The maximum absolute atomic E-state index is 13.6. The van der Waals surface area contributed by atoms with Gasteiger partial charge in [-0.25, -0.2) is 0 Å². The maximum atomic E-state index is 13.6. The monoisotopic (exact) mass is 411 g/mol. The summed E-state index contributed by atoms with van der Waals surface area (Å²) in [7, 11) is 0. The molecule has 0 amide bonds. The molecule has 0 unspecified atom stereocenters. The first-order valence-electron chi connectivity index (χ1n) is 9.97. The van der Waals surface area contributed by atoms with Crippen molar-refractivity contribution in [2.75, 3.05) is 11.1 Å². The van der Waals surface area contributed by atoms with Gasteiger partial charge >= 0.3 is 0 Å². The van der Waals surface area contributed by atoms with Gasteiger partial charge < -0.3 is 11.1 Å². The molecule has 3 heterocycles. The van der Waals surface area contributed by atoms with Crippen molar-refractivity contribution in [1.82, 2.24) is 24.7 Å². The zero-order chi connectivity index (χ0) is 21.5. The highest BCUT2D eigenvalue weighted by Gasteiger charge is 2.19. The maximum Gasteiger partial charge on any atom is 0.263 e. The van der Waals surface area contributed by atoms with E-state index in [2.05, 4.69) is 25.5 Å². The molecular formula is C23H21N7O. The van der Waals surface area contributed by atoms with Crippen molar-refractivity contribution in [2.24, 2.45) is 0 Å². The highest BCUT2D eigenvalue weighted by Crippen LogP contribution is 2.27. The van der Waals surface area contributed by atoms with E-state index < -0.39 is 0 Å². The molecule has 1 atom stereocenters. The van der Waals surface area contributed by atoms with Crippen LogP contribution in [0.25, 0.3) is 27.5 Å². The molecule has 0 saturated carbocycles. The van der Waals surface area contributed by atoms with Crippen LogP contribution in [0.1, 0.15) is 24.2 Å². The fraction of sp³-hybridized carbons (Fsp3) is 0.130. The van der Waals surface area contributed by atoms with Gasteiger partial charge in [0.05, 0.1) is 23.0 Å². The van der Waals surface area contributed by atoms with E-state index in [-0.39, 0.29) is 17.5 Å². The van der Waals surface area contributed by atoms with E-state index in [4.69, 9.17) is 5.73 Å². The number of nitrogens with zero attached hydrogens (tertiary/aromatic N) is 4. The fourth-order valence-corrected chi connectivity index (χ4v) is 3.96. The Morgan fingerprint density at radius 2 is 1.90 bits per heavy atom. The molecule has 5 aromatic rings. The number of nitrogens with one attached hydrogen (secondary N) is 2. The minimum Gasteiger partial charge on any atom is -0.368 e. The standard InChI is InChI=1S/C23H21N7O/c1-13-7-6-8-15-11-18(30(22(31)19(13)15)16-9-4-3-5-10-16)14(2)26-20-17-12-25-29-21(17)28-23(24)27-20/h3-12,14H,1-2H3,(H4,24,25,26,27,28,29)/t14-/m0/s1. The molecule has 0 saturated heterocycles. The molecule has 154 valence electrons. The first-order valence-corrected chi connectivity index (χ1v) is 9.97. The zero-order valence-corrected chi connectivity index (χ0v) is 17.1. The van der Waals surface area contributed by atoms with Gasteiger partial charge in [0.2, 0.25) is 5.95 Å². The van der Waals surface area contributed by atoms with Crippen LogP contribution in [0.3, 0.4) is 0 Å². The number of nitrogen functional groups attached to an aromatic ring is 1. The summed E-state index contributed by atoms with van der Waals surface area (Å²) in [6.45, 7) is 3.94. The lowest BCUT2D eigenvalue weighted by Gasteiger charge is -2.22. The third-order valence-electron chi connectivity index (χ3n) is 5.42. The Balaban J connectivity index is 1.71. The van der Waals surface area contributed by atoms with E-state index in [9.17, 15) is 4.79 Å². The van der Waals surface area contributed by atoms with Crippen molar-refractivity contribution in [2.45, 2.75) is 19.9 Å². The second kappa shape index (κ2) is 7.24. The van der Waals surface area contributed by atoms with E-state index >= 15 is 0 Å². The number of aromatic amines is 1. The highest BCUT2D eigenvalue weighted by atomic mass is 16.1. The van der Waals surface area contributed by atoms with E-state index in [1.54, 1.807) is 10.8 Å². The first-order chi connectivity index (χ1) is 15.0. The minimum absolute atomic E-state index is 0.0545. The number of nitrogens with two attached hydrogens (primary N) is 1. The number of fused-ring (bicyclic) bond motifs is 2. The quantitative estimate of drug-likeness (QED) is 0.415. The summed E-state index contributed by atoms with van der Waals surface area (Å²) in [5, 5.41) is 12.6. The molecule has 31 heavy (non-hydrogen) atoms. The van der Waals surface area contributed by atoms with Crippen molar-refractivity contribution in [3.05, 3.63) is 82.4 Å². The Morgan fingerprint density at radius 1 is 1.10 bits per heavy atom. The van der Waals surface area contributed by atoms with Crippen molar-refractivity contribution in [3.8, 4) is 5.69 Å². The van der Waals surface area contributed by atoms with Gasteiger partial charge in [-0.2, -0.15) is 15.1 Å². The normalized spacial score (nSPS) is 12.3. The van der Waals surface area contributed by atoms with Gasteiger partial charge in [-0.05, 0) is 43.0 Å². The second-order valence-corrected chi connectivity index (χ2v) is 7.51. The number of hydrogen-bond acceptors (Lipinski definition) is 6. The van der Waals surface area contributed by atoms with Crippen LogP contribution in [-0.2, 0) is 0 Å².